The zero-order valence-electron chi connectivity index (χ0n) is 11.2. The number of halogens is 2. The largest absolute Gasteiger partial charge is 0.334 e. The molecule has 1 saturated carbocycles. The number of nitrogens with zero attached hydrogens (tertiary/aromatic N) is 1. The average Bonchev–Trinajstić information content (AvgIpc) is 2.92. The monoisotopic (exact) mass is 299 g/mol. The van der Waals surface area contributed by atoms with Crippen molar-refractivity contribution in [2.45, 2.75) is 38.6 Å². The molecule has 0 atom stereocenters. The van der Waals surface area contributed by atoms with Crippen LogP contribution >= 0.6 is 23.2 Å². The zero-order chi connectivity index (χ0) is 13.8. The molecular weight excluding hydrogens is 281 g/mol. The molecule has 1 aliphatic carbocycles. The van der Waals surface area contributed by atoms with Gasteiger partial charge in [-0.3, -0.25) is 4.79 Å². The Balaban J connectivity index is 2.25. The van der Waals surface area contributed by atoms with Gasteiger partial charge < -0.3 is 4.90 Å². The van der Waals surface area contributed by atoms with Gasteiger partial charge in [-0.15, -0.1) is 11.6 Å². The van der Waals surface area contributed by atoms with Crippen LogP contribution in [0.4, 0.5) is 0 Å². The lowest BCUT2D eigenvalue weighted by Gasteiger charge is -2.29. The summed E-state index contributed by atoms with van der Waals surface area (Å²) < 4.78 is 0. The Morgan fingerprint density at radius 2 is 2.05 bits per heavy atom. The second-order valence-corrected chi connectivity index (χ2v) is 5.90. The quantitative estimate of drug-likeness (QED) is 0.760. The molecule has 19 heavy (non-hydrogen) atoms. The van der Waals surface area contributed by atoms with Crippen LogP contribution in [0.1, 0.15) is 41.6 Å². The third-order valence-corrected chi connectivity index (χ3v) is 4.19. The van der Waals surface area contributed by atoms with E-state index < -0.39 is 0 Å². The second kappa shape index (κ2) is 6.62. The number of carbonyl (C=O) groups is 1. The second-order valence-electron chi connectivity index (χ2n) is 5.09. The number of aryl methyl sites for hydroxylation is 1. The van der Waals surface area contributed by atoms with Crippen LogP contribution in [0.2, 0.25) is 5.02 Å². The van der Waals surface area contributed by atoms with Gasteiger partial charge in [0.15, 0.2) is 0 Å². The van der Waals surface area contributed by atoms with E-state index in [0.717, 1.165) is 18.4 Å². The first-order chi connectivity index (χ1) is 9.13. The molecule has 4 heteroatoms. The van der Waals surface area contributed by atoms with Crippen molar-refractivity contribution in [3.05, 3.63) is 34.3 Å². The van der Waals surface area contributed by atoms with Crippen LogP contribution < -0.4 is 0 Å². The van der Waals surface area contributed by atoms with Crippen molar-refractivity contribution in [1.29, 1.82) is 0 Å². The zero-order valence-corrected chi connectivity index (χ0v) is 12.7. The summed E-state index contributed by atoms with van der Waals surface area (Å²) in [6, 6.07) is 5.80. The van der Waals surface area contributed by atoms with Gasteiger partial charge >= 0.3 is 0 Å². The lowest BCUT2D eigenvalue weighted by Crippen LogP contribution is -2.40. The molecular formula is C15H19Cl2NO. The summed E-state index contributed by atoms with van der Waals surface area (Å²) in [4.78, 5) is 14.6. The van der Waals surface area contributed by atoms with Gasteiger partial charge in [0.1, 0.15) is 0 Å². The minimum atomic E-state index is 0.0625. The van der Waals surface area contributed by atoms with Crippen LogP contribution in [-0.4, -0.2) is 29.3 Å². The Bertz CT molecular complexity index is 455. The van der Waals surface area contributed by atoms with Gasteiger partial charge in [-0.05, 0) is 37.5 Å². The summed E-state index contributed by atoms with van der Waals surface area (Å²) in [7, 11) is 0. The van der Waals surface area contributed by atoms with E-state index >= 15 is 0 Å². The summed E-state index contributed by atoms with van der Waals surface area (Å²) in [5.41, 5.74) is 1.66. The highest BCUT2D eigenvalue weighted by Gasteiger charge is 2.27. The molecule has 1 fully saturated rings. The number of hydrogen-bond donors (Lipinski definition) is 0. The first-order valence-electron chi connectivity index (χ1n) is 6.76. The topological polar surface area (TPSA) is 20.3 Å². The van der Waals surface area contributed by atoms with Crippen molar-refractivity contribution in [1.82, 2.24) is 4.90 Å². The predicted molar refractivity (Wildman–Crippen MR) is 80.2 cm³/mol. The maximum atomic E-state index is 12.7. The summed E-state index contributed by atoms with van der Waals surface area (Å²) in [6.45, 7) is 2.55. The Morgan fingerprint density at radius 1 is 1.37 bits per heavy atom. The fourth-order valence-electron chi connectivity index (χ4n) is 2.74. The standard InChI is InChI=1S/C15H19Cl2NO/c1-11-6-7-12(17)10-14(11)15(19)18(9-8-16)13-4-2-3-5-13/h6-7,10,13H,2-5,8-9H2,1H3. The molecule has 104 valence electrons. The minimum absolute atomic E-state index is 0.0625. The lowest BCUT2D eigenvalue weighted by atomic mass is 10.1. The number of carbonyl (C=O) groups excluding carboxylic acids is 1. The van der Waals surface area contributed by atoms with E-state index in [9.17, 15) is 4.79 Å². The maximum absolute atomic E-state index is 12.7. The van der Waals surface area contributed by atoms with Crippen molar-refractivity contribution >= 4 is 29.1 Å². The van der Waals surface area contributed by atoms with Crippen LogP contribution in [-0.2, 0) is 0 Å². The molecule has 0 radical (unpaired) electrons. The molecule has 1 aromatic carbocycles. The van der Waals surface area contributed by atoms with E-state index in [1.807, 2.05) is 24.0 Å². The Labute approximate surface area is 124 Å². The van der Waals surface area contributed by atoms with Crippen molar-refractivity contribution in [3.63, 3.8) is 0 Å². The molecule has 1 aliphatic rings. The van der Waals surface area contributed by atoms with E-state index in [-0.39, 0.29) is 5.91 Å². The van der Waals surface area contributed by atoms with Crippen LogP contribution in [0.3, 0.4) is 0 Å². The van der Waals surface area contributed by atoms with E-state index in [4.69, 9.17) is 23.2 Å². The molecule has 0 spiro atoms. The van der Waals surface area contributed by atoms with Gasteiger partial charge in [0.2, 0.25) is 0 Å². The Kier molecular flexibility index (Phi) is 5.12. The van der Waals surface area contributed by atoms with Gasteiger partial charge in [-0.1, -0.05) is 30.5 Å². The summed E-state index contributed by atoms with van der Waals surface area (Å²) >= 11 is 11.9. The van der Waals surface area contributed by atoms with Gasteiger partial charge in [0.05, 0.1) is 0 Å². The third-order valence-electron chi connectivity index (χ3n) is 3.78. The van der Waals surface area contributed by atoms with Crippen LogP contribution in [0.25, 0.3) is 0 Å². The molecule has 0 bridgehead atoms. The first-order valence-corrected chi connectivity index (χ1v) is 7.68. The van der Waals surface area contributed by atoms with Crippen LogP contribution in [0.5, 0.6) is 0 Å². The fraction of sp³-hybridized carbons (Fsp3) is 0.533. The SMILES string of the molecule is Cc1ccc(Cl)cc1C(=O)N(CCCl)C1CCCC1. The number of benzene rings is 1. The Hall–Kier alpha value is -0.730. The molecule has 0 saturated heterocycles. The van der Waals surface area contributed by atoms with E-state index in [1.54, 1.807) is 6.07 Å². The predicted octanol–water partition coefficient (Wildman–Crippen LogP) is 4.27. The van der Waals surface area contributed by atoms with Gasteiger partial charge in [0.25, 0.3) is 5.91 Å². The fourth-order valence-corrected chi connectivity index (χ4v) is 3.09. The van der Waals surface area contributed by atoms with Crippen LogP contribution in [0.15, 0.2) is 18.2 Å². The van der Waals surface area contributed by atoms with Crippen molar-refractivity contribution in [2.75, 3.05) is 12.4 Å². The molecule has 2 rings (SSSR count). The molecule has 0 unspecified atom stereocenters. The highest BCUT2D eigenvalue weighted by molar-refractivity contribution is 6.31. The summed E-state index contributed by atoms with van der Waals surface area (Å²) in [6.07, 6.45) is 4.57. The molecule has 2 nitrogen and oxygen atoms in total. The van der Waals surface area contributed by atoms with E-state index in [2.05, 4.69) is 0 Å². The number of hydrogen-bond acceptors (Lipinski definition) is 1. The van der Waals surface area contributed by atoms with Crippen molar-refractivity contribution in [3.8, 4) is 0 Å². The normalized spacial score (nSPS) is 15.7. The highest BCUT2D eigenvalue weighted by atomic mass is 35.5. The maximum Gasteiger partial charge on any atom is 0.254 e. The molecule has 0 aromatic heterocycles. The van der Waals surface area contributed by atoms with Gasteiger partial charge in [-0.25, -0.2) is 0 Å². The van der Waals surface area contributed by atoms with Crippen molar-refractivity contribution < 1.29 is 4.79 Å². The molecule has 1 amide bonds. The smallest absolute Gasteiger partial charge is 0.254 e. The Morgan fingerprint density at radius 3 is 2.68 bits per heavy atom. The number of amides is 1. The number of alkyl halides is 1. The molecule has 1 aromatic rings. The summed E-state index contributed by atoms with van der Waals surface area (Å²) in [5, 5.41) is 0.603. The van der Waals surface area contributed by atoms with E-state index in [1.165, 1.54) is 12.8 Å². The highest BCUT2D eigenvalue weighted by Crippen LogP contribution is 2.26. The van der Waals surface area contributed by atoms with Crippen molar-refractivity contribution in [2.24, 2.45) is 0 Å². The third kappa shape index (κ3) is 3.43. The van der Waals surface area contributed by atoms with Crippen LogP contribution in [0, 0.1) is 6.92 Å². The van der Waals surface area contributed by atoms with E-state index in [0.29, 0.717) is 29.1 Å². The summed E-state index contributed by atoms with van der Waals surface area (Å²) in [5.74, 6) is 0.537. The molecule has 0 N–H and O–H groups in total. The van der Waals surface area contributed by atoms with Gasteiger partial charge in [-0.2, -0.15) is 0 Å². The minimum Gasteiger partial charge on any atom is -0.334 e. The lowest BCUT2D eigenvalue weighted by molar-refractivity contribution is 0.0694. The molecule has 0 heterocycles. The number of rotatable bonds is 4. The first kappa shape index (κ1) is 14.7. The van der Waals surface area contributed by atoms with Gasteiger partial charge in [0, 0.05) is 29.1 Å². The molecule has 0 aliphatic heterocycles. The average molecular weight is 300 g/mol.